The summed E-state index contributed by atoms with van der Waals surface area (Å²) in [4.78, 5) is 26.6. The lowest BCUT2D eigenvalue weighted by Crippen LogP contribution is -2.55. The second-order valence-electron chi connectivity index (χ2n) is 7.19. The number of nitrogens with zero attached hydrogens (tertiary/aromatic N) is 1. The fourth-order valence-corrected chi connectivity index (χ4v) is 2.56. The average molecular weight is 307 g/mol. The largest absolute Gasteiger partial charge is 0.352 e. The first-order valence-electron chi connectivity index (χ1n) is 7.98. The monoisotopic (exact) mass is 307 g/mol. The summed E-state index contributed by atoms with van der Waals surface area (Å²) in [5.74, 6) is 2.33. The first-order chi connectivity index (χ1) is 10.2. The molecule has 0 aromatic rings. The molecule has 22 heavy (non-hydrogen) atoms. The van der Waals surface area contributed by atoms with Gasteiger partial charge in [0.05, 0.1) is 6.04 Å². The molecule has 0 bridgehead atoms. The number of hydrogen-bond acceptors (Lipinski definition) is 3. The molecule has 3 N–H and O–H groups in total. The number of carbonyl (C=O) groups is 2. The molecule has 3 unspecified atom stereocenters. The van der Waals surface area contributed by atoms with Crippen LogP contribution in [0.25, 0.3) is 0 Å². The molecule has 0 aromatic heterocycles. The van der Waals surface area contributed by atoms with Gasteiger partial charge in [0.25, 0.3) is 0 Å². The summed E-state index contributed by atoms with van der Waals surface area (Å²) in [7, 11) is 0. The van der Waals surface area contributed by atoms with Gasteiger partial charge in [0, 0.05) is 19.0 Å². The predicted octanol–water partition coefficient (Wildman–Crippen LogP) is 1.27. The minimum atomic E-state index is -0.597. The van der Waals surface area contributed by atoms with E-state index >= 15 is 0 Å². The minimum absolute atomic E-state index is 0.0115. The fourth-order valence-electron chi connectivity index (χ4n) is 2.56. The van der Waals surface area contributed by atoms with Crippen molar-refractivity contribution in [2.45, 2.75) is 71.5 Å². The van der Waals surface area contributed by atoms with Crippen LogP contribution in [0.2, 0.25) is 0 Å². The van der Waals surface area contributed by atoms with Crippen LogP contribution in [0.5, 0.6) is 0 Å². The summed E-state index contributed by atoms with van der Waals surface area (Å²) in [6.45, 7) is 8.32. The Bertz CT molecular complexity index is 448. The van der Waals surface area contributed by atoms with Crippen molar-refractivity contribution in [1.29, 1.82) is 0 Å². The van der Waals surface area contributed by atoms with Gasteiger partial charge in [-0.3, -0.25) is 9.59 Å². The number of carbonyl (C=O) groups excluding carboxylic acids is 2. The van der Waals surface area contributed by atoms with E-state index in [-0.39, 0.29) is 23.3 Å². The predicted molar refractivity (Wildman–Crippen MR) is 87.8 cm³/mol. The molecule has 0 spiro atoms. The van der Waals surface area contributed by atoms with Gasteiger partial charge in [-0.2, -0.15) is 0 Å². The highest BCUT2D eigenvalue weighted by Crippen LogP contribution is 2.24. The third kappa shape index (κ3) is 4.74. The van der Waals surface area contributed by atoms with Crippen LogP contribution in [0.1, 0.15) is 53.4 Å². The highest BCUT2D eigenvalue weighted by molar-refractivity contribution is 5.90. The van der Waals surface area contributed by atoms with Crippen LogP contribution in [-0.4, -0.2) is 41.4 Å². The maximum absolute atomic E-state index is 12.6. The van der Waals surface area contributed by atoms with Crippen molar-refractivity contribution in [3.8, 4) is 12.3 Å². The number of hydrogen-bond donors (Lipinski definition) is 2. The zero-order chi connectivity index (χ0) is 16.9. The molecule has 1 aliphatic heterocycles. The van der Waals surface area contributed by atoms with Crippen molar-refractivity contribution in [1.82, 2.24) is 10.2 Å². The highest BCUT2D eigenvalue weighted by atomic mass is 16.2. The lowest BCUT2D eigenvalue weighted by atomic mass is 9.86. The van der Waals surface area contributed by atoms with Crippen LogP contribution in [0, 0.1) is 17.8 Å². The quantitative estimate of drug-likeness (QED) is 0.751. The molecule has 1 aliphatic rings. The lowest BCUT2D eigenvalue weighted by Gasteiger charge is -2.33. The Morgan fingerprint density at radius 2 is 2.09 bits per heavy atom. The van der Waals surface area contributed by atoms with Gasteiger partial charge < -0.3 is 16.0 Å². The Labute approximate surface area is 134 Å². The molecular weight excluding hydrogens is 278 g/mol. The van der Waals surface area contributed by atoms with Crippen molar-refractivity contribution >= 4 is 11.8 Å². The van der Waals surface area contributed by atoms with Gasteiger partial charge in [0.15, 0.2) is 0 Å². The molecule has 3 atom stereocenters. The van der Waals surface area contributed by atoms with Crippen molar-refractivity contribution in [3.05, 3.63) is 0 Å². The zero-order valence-electron chi connectivity index (χ0n) is 14.2. The maximum Gasteiger partial charge on any atom is 0.243 e. The molecule has 1 heterocycles. The van der Waals surface area contributed by atoms with Gasteiger partial charge >= 0.3 is 0 Å². The number of nitrogens with one attached hydrogen (secondary N) is 1. The van der Waals surface area contributed by atoms with E-state index in [4.69, 9.17) is 12.2 Å². The van der Waals surface area contributed by atoms with Crippen LogP contribution >= 0.6 is 0 Å². The average Bonchev–Trinajstić information content (AvgIpc) is 2.91. The fraction of sp³-hybridized carbons (Fsp3) is 0.765. The molecule has 1 saturated heterocycles. The minimum Gasteiger partial charge on any atom is -0.352 e. The van der Waals surface area contributed by atoms with Crippen LogP contribution in [0.15, 0.2) is 0 Å². The number of amides is 2. The molecule has 1 rings (SSSR count). The summed E-state index contributed by atoms with van der Waals surface area (Å²) in [5.41, 5.74) is 5.74. The molecule has 2 amide bonds. The number of terminal acetylenes is 1. The first-order valence-corrected chi connectivity index (χ1v) is 7.98. The van der Waals surface area contributed by atoms with Crippen molar-refractivity contribution in [2.24, 2.45) is 11.1 Å². The Morgan fingerprint density at radius 1 is 1.45 bits per heavy atom. The summed E-state index contributed by atoms with van der Waals surface area (Å²) < 4.78 is 0. The van der Waals surface area contributed by atoms with Crippen molar-refractivity contribution in [2.75, 3.05) is 6.54 Å². The van der Waals surface area contributed by atoms with E-state index in [1.54, 1.807) is 4.90 Å². The van der Waals surface area contributed by atoms with Gasteiger partial charge in [0.2, 0.25) is 11.8 Å². The molecule has 5 heteroatoms. The molecule has 0 aromatic carbocycles. The third-order valence-corrected chi connectivity index (χ3v) is 4.15. The van der Waals surface area contributed by atoms with Gasteiger partial charge in [-0.05, 0) is 31.6 Å². The van der Waals surface area contributed by atoms with E-state index in [9.17, 15) is 9.59 Å². The van der Waals surface area contributed by atoms with Gasteiger partial charge in [-0.25, -0.2) is 0 Å². The van der Waals surface area contributed by atoms with Crippen LogP contribution in [0.3, 0.4) is 0 Å². The first kappa shape index (κ1) is 18.5. The number of rotatable bonds is 5. The van der Waals surface area contributed by atoms with Crippen LogP contribution in [0.4, 0.5) is 0 Å². The Balaban J connectivity index is 2.68. The summed E-state index contributed by atoms with van der Waals surface area (Å²) >= 11 is 0. The lowest BCUT2D eigenvalue weighted by molar-refractivity contribution is -0.141. The smallest absolute Gasteiger partial charge is 0.243 e. The summed E-state index contributed by atoms with van der Waals surface area (Å²) in [5, 5.41) is 2.95. The zero-order valence-corrected chi connectivity index (χ0v) is 14.2. The summed E-state index contributed by atoms with van der Waals surface area (Å²) in [6, 6.07) is -0.994. The second kappa shape index (κ2) is 7.64. The SMILES string of the molecule is C#CCCC(C)NC(=O)C1CCCN1C(=O)C(N)C(C)(C)C. The van der Waals surface area contributed by atoms with E-state index in [0.717, 1.165) is 12.8 Å². The normalized spacial score (nSPS) is 21.1. The Kier molecular flexibility index (Phi) is 6.43. The second-order valence-corrected chi connectivity index (χ2v) is 7.19. The Hall–Kier alpha value is -1.54. The molecule has 124 valence electrons. The van der Waals surface area contributed by atoms with Crippen LogP contribution < -0.4 is 11.1 Å². The van der Waals surface area contributed by atoms with Crippen molar-refractivity contribution < 1.29 is 9.59 Å². The molecular formula is C17H29N3O2. The topological polar surface area (TPSA) is 75.4 Å². The van der Waals surface area contributed by atoms with E-state index in [1.807, 2.05) is 27.7 Å². The molecule has 0 saturated carbocycles. The highest BCUT2D eigenvalue weighted by Gasteiger charge is 2.39. The van der Waals surface area contributed by atoms with Gasteiger partial charge in [0.1, 0.15) is 6.04 Å². The summed E-state index contributed by atoms with van der Waals surface area (Å²) in [6.07, 6.45) is 8.13. The third-order valence-electron chi connectivity index (χ3n) is 4.15. The number of nitrogens with two attached hydrogens (primary N) is 1. The van der Waals surface area contributed by atoms with E-state index in [2.05, 4.69) is 11.2 Å². The van der Waals surface area contributed by atoms with Crippen LogP contribution in [-0.2, 0) is 9.59 Å². The van der Waals surface area contributed by atoms with E-state index < -0.39 is 12.1 Å². The molecule has 0 aliphatic carbocycles. The van der Waals surface area contributed by atoms with E-state index in [0.29, 0.717) is 19.4 Å². The van der Waals surface area contributed by atoms with Gasteiger partial charge in [-0.15, -0.1) is 12.3 Å². The number of likely N-dealkylation sites (tertiary alicyclic amines) is 1. The standard InChI is InChI=1S/C17H29N3O2/c1-6-7-9-12(2)19-15(21)13-10-8-11-20(13)16(22)14(18)17(3,4)5/h1,12-14H,7-11,18H2,2-5H3,(H,19,21). The van der Waals surface area contributed by atoms with E-state index in [1.165, 1.54) is 0 Å². The molecule has 0 radical (unpaired) electrons. The van der Waals surface area contributed by atoms with Gasteiger partial charge in [-0.1, -0.05) is 20.8 Å². The molecule has 5 nitrogen and oxygen atoms in total. The Morgan fingerprint density at radius 3 is 2.64 bits per heavy atom. The van der Waals surface area contributed by atoms with Crippen molar-refractivity contribution in [3.63, 3.8) is 0 Å². The maximum atomic E-state index is 12.6. The molecule has 1 fully saturated rings.